The molecule has 3 fully saturated rings. The summed E-state index contributed by atoms with van der Waals surface area (Å²) in [6, 6.07) is 0.250. The van der Waals surface area contributed by atoms with Gasteiger partial charge in [0.1, 0.15) is 55.5 Å². The fourth-order valence-corrected chi connectivity index (χ4v) is 11.3. The molecule has 6 rings (SSSR count). The molecule has 0 saturated heterocycles. The van der Waals surface area contributed by atoms with Crippen LogP contribution in [-0.2, 0) is 27.8 Å². The Morgan fingerprint density at radius 1 is 0.683 bits per heavy atom. The number of aryl methyl sites for hydroxylation is 2. The van der Waals surface area contributed by atoms with E-state index in [-0.39, 0.29) is 48.6 Å². The summed E-state index contributed by atoms with van der Waals surface area (Å²) >= 11 is 0. The van der Waals surface area contributed by atoms with Crippen LogP contribution in [0.3, 0.4) is 0 Å². The minimum absolute atomic E-state index is 0.0853. The quantitative estimate of drug-likeness (QED) is 0.105. The van der Waals surface area contributed by atoms with Gasteiger partial charge >= 0.3 is 18.3 Å². The van der Waals surface area contributed by atoms with Gasteiger partial charge in [-0.3, -0.25) is 0 Å². The number of hydrogen-bond acceptors (Lipinski definition) is 6. The van der Waals surface area contributed by atoms with Crippen LogP contribution in [0.1, 0.15) is 164 Å². The fraction of sp³-hybridized carbons (Fsp3) is 0.765. The van der Waals surface area contributed by atoms with Crippen molar-refractivity contribution in [3.05, 3.63) is 55.7 Å². The van der Waals surface area contributed by atoms with Gasteiger partial charge in [0, 0.05) is 6.92 Å². The molecular weight excluding hydrogens is 793 g/mol. The van der Waals surface area contributed by atoms with Crippen LogP contribution < -0.4 is 13.7 Å². The Balaban J connectivity index is 1.07. The molecular formula is C51H83N6O6+3. The maximum absolute atomic E-state index is 13.8. The Labute approximate surface area is 378 Å². The van der Waals surface area contributed by atoms with Crippen LogP contribution in [0.2, 0.25) is 0 Å². The average Bonchev–Trinajstić information content (AvgIpc) is 4.02. The van der Waals surface area contributed by atoms with Gasteiger partial charge in [-0.25, -0.2) is 13.7 Å². The maximum atomic E-state index is 13.8. The fourth-order valence-electron chi connectivity index (χ4n) is 11.3. The normalized spacial score (nSPS) is 27.6. The first-order chi connectivity index (χ1) is 30.1. The summed E-state index contributed by atoms with van der Waals surface area (Å²) in [7, 11) is 1.94. The summed E-state index contributed by atoms with van der Waals surface area (Å²) in [6.07, 6.45) is 29.5. The van der Waals surface area contributed by atoms with E-state index >= 15 is 0 Å². The van der Waals surface area contributed by atoms with E-state index in [0.717, 1.165) is 109 Å². The molecule has 3 aromatic heterocycles. The number of ether oxygens (including phenoxy) is 3. The Kier molecular flexibility index (Phi) is 17.2. The lowest BCUT2D eigenvalue weighted by Crippen LogP contribution is -2.40. The number of imidazole rings is 3. The zero-order valence-electron chi connectivity index (χ0n) is 40.6. The number of rotatable bonds is 16. The molecule has 0 aromatic carbocycles. The maximum Gasteiger partial charge on any atom is 0.512 e. The number of nitrogens with zero attached hydrogens (tertiary/aromatic N) is 6. The molecule has 0 bridgehead atoms. The Hall–Kier alpha value is -3.96. The molecule has 3 heterocycles. The predicted octanol–water partition coefficient (Wildman–Crippen LogP) is 10.4. The van der Waals surface area contributed by atoms with Crippen molar-refractivity contribution in [2.75, 3.05) is 0 Å². The van der Waals surface area contributed by atoms with Crippen LogP contribution in [0.4, 0.5) is 14.4 Å². The standard InChI is InChI=1S/C51H83N6O6/c1-11-12-23-53-25-26-55(33-53)49(58)61-46-30-37(6)13-20-44(46)38(7)14-17-42-19-22-45(48(32-42)62-50(59)56-28-27-54(34-56)36(4)5)39(8)15-16-41-18-21-43(35(2)3)47(31-41)63-51(60)57-29-24-52(10)40(57)9/h24-29,33-39,41-48H,11-23,30-32H2,1-10H3/q+3/t37-,38?,39?,41-,42-,43+,44+,45+,46-,47-,48-/m1/s1. The summed E-state index contributed by atoms with van der Waals surface area (Å²) in [6.45, 7) is 20.7. The second-order valence-electron chi connectivity index (χ2n) is 21.0. The molecule has 3 aliphatic rings. The zero-order valence-corrected chi connectivity index (χ0v) is 40.6. The Morgan fingerprint density at radius 2 is 1.22 bits per heavy atom. The molecule has 2 unspecified atom stereocenters. The highest BCUT2D eigenvalue weighted by Crippen LogP contribution is 2.44. The minimum Gasteiger partial charge on any atom is -0.427 e. The third-order valence-electron chi connectivity index (χ3n) is 15.8. The molecule has 3 saturated carbocycles. The number of carbonyl (C=O) groups excluding carboxylic acids is 3. The van der Waals surface area contributed by atoms with Crippen molar-refractivity contribution in [3.8, 4) is 0 Å². The van der Waals surface area contributed by atoms with E-state index in [1.165, 1.54) is 0 Å². The van der Waals surface area contributed by atoms with E-state index in [4.69, 9.17) is 14.2 Å². The van der Waals surface area contributed by atoms with Gasteiger partial charge in [-0.2, -0.15) is 14.4 Å². The molecule has 0 aliphatic heterocycles. The van der Waals surface area contributed by atoms with Crippen LogP contribution in [0.25, 0.3) is 0 Å². The number of hydrogen-bond donors (Lipinski definition) is 0. The zero-order chi connectivity index (χ0) is 45.4. The summed E-state index contributed by atoms with van der Waals surface area (Å²) in [5.41, 5.74) is 0. The predicted molar refractivity (Wildman–Crippen MR) is 242 cm³/mol. The number of unbranched alkanes of at least 4 members (excludes halogenated alkanes) is 1. The van der Waals surface area contributed by atoms with Crippen LogP contribution in [-0.4, -0.2) is 50.3 Å². The van der Waals surface area contributed by atoms with Crippen LogP contribution in [0, 0.1) is 60.2 Å². The summed E-state index contributed by atoms with van der Waals surface area (Å²) in [4.78, 5) is 40.5. The van der Waals surface area contributed by atoms with Gasteiger partial charge in [-0.15, -0.1) is 13.7 Å². The topological polar surface area (TPSA) is 105 Å². The van der Waals surface area contributed by atoms with Gasteiger partial charge < -0.3 is 14.2 Å². The van der Waals surface area contributed by atoms with Gasteiger partial charge in [-0.1, -0.05) is 80.1 Å². The molecule has 3 aromatic rings. The molecule has 63 heavy (non-hydrogen) atoms. The SMILES string of the molecule is CCCC[n+]1ccn(C(=O)O[C@@H]2C[C@H](C)CC[C@H]2C(C)CC[C@@H]2CC[C@@H](C(C)CC[C@@H]3CC[C@@H](C(C)C)[C@H](OC(=O)n4cc[n+](C)c4C)C3)[C@H](OC(=O)n3cc[n+](C(C)C)c3)C2)c1. The lowest BCUT2D eigenvalue weighted by molar-refractivity contribution is -0.715. The van der Waals surface area contributed by atoms with Gasteiger partial charge in [0.25, 0.3) is 18.5 Å². The van der Waals surface area contributed by atoms with Crippen molar-refractivity contribution >= 4 is 18.3 Å². The largest absolute Gasteiger partial charge is 0.512 e. The molecule has 12 nitrogen and oxygen atoms in total. The van der Waals surface area contributed by atoms with Crippen LogP contribution in [0.5, 0.6) is 0 Å². The van der Waals surface area contributed by atoms with E-state index in [2.05, 4.69) is 60.0 Å². The minimum atomic E-state index is -0.298. The summed E-state index contributed by atoms with van der Waals surface area (Å²) in [5, 5.41) is 0. The third kappa shape index (κ3) is 12.6. The lowest BCUT2D eigenvalue weighted by atomic mass is 9.69. The van der Waals surface area contributed by atoms with Gasteiger partial charge in [0.15, 0.2) is 0 Å². The molecule has 0 amide bonds. The van der Waals surface area contributed by atoms with Crippen LogP contribution in [0.15, 0.2) is 49.8 Å². The highest BCUT2D eigenvalue weighted by atomic mass is 16.6. The van der Waals surface area contributed by atoms with Crippen molar-refractivity contribution in [1.29, 1.82) is 0 Å². The second kappa shape index (κ2) is 22.3. The monoisotopic (exact) mass is 876 g/mol. The van der Waals surface area contributed by atoms with Gasteiger partial charge in [-0.05, 0) is 125 Å². The molecule has 11 atom stereocenters. The van der Waals surface area contributed by atoms with Crippen molar-refractivity contribution in [1.82, 2.24) is 13.7 Å². The average molecular weight is 876 g/mol. The lowest BCUT2D eigenvalue weighted by Gasteiger charge is -2.41. The summed E-state index contributed by atoms with van der Waals surface area (Å²) in [5.74, 6) is 4.56. The van der Waals surface area contributed by atoms with E-state index in [1.807, 2.05) is 66.7 Å². The van der Waals surface area contributed by atoms with E-state index in [0.29, 0.717) is 47.3 Å². The summed E-state index contributed by atoms with van der Waals surface area (Å²) < 4.78 is 30.0. The Bertz CT molecular complexity index is 1930. The second-order valence-corrected chi connectivity index (χ2v) is 21.0. The molecule has 0 spiro atoms. The van der Waals surface area contributed by atoms with E-state index in [9.17, 15) is 14.4 Å². The first-order valence-corrected chi connectivity index (χ1v) is 24.9. The van der Waals surface area contributed by atoms with Crippen molar-refractivity contribution in [3.63, 3.8) is 0 Å². The van der Waals surface area contributed by atoms with Gasteiger partial charge in [0.05, 0.1) is 19.6 Å². The highest BCUT2D eigenvalue weighted by Gasteiger charge is 2.41. The molecule has 3 aliphatic carbocycles. The van der Waals surface area contributed by atoms with Crippen LogP contribution >= 0.6 is 0 Å². The first kappa shape index (κ1) is 48.5. The number of aromatic nitrogens is 6. The molecule has 0 radical (unpaired) electrons. The third-order valence-corrected chi connectivity index (χ3v) is 15.8. The van der Waals surface area contributed by atoms with Crippen molar-refractivity contribution in [2.24, 2.45) is 60.3 Å². The van der Waals surface area contributed by atoms with E-state index < -0.39 is 0 Å². The number of carbonyl (C=O) groups is 3. The van der Waals surface area contributed by atoms with Crippen molar-refractivity contribution < 1.29 is 42.3 Å². The van der Waals surface area contributed by atoms with Gasteiger partial charge in [0.2, 0.25) is 0 Å². The highest BCUT2D eigenvalue weighted by molar-refractivity contribution is 5.71. The van der Waals surface area contributed by atoms with Crippen molar-refractivity contribution in [2.45, 2.75) is 190 Å². The molecule has 12 heteroatoms. The molecule has 0 N–H and O–H groups in total. The Morgan fingerprint density at radius 3 is 1.78 bits per heavy atom. The molecule has 350 valence electrons. The first-order valence-electron chi connectivity index (χ1n) is 24.9. The van der Waals surface area contributed by atoms with E-state index in [1.54, 1.807) is 19.9 Å². The smallest absolute Gasteiger partial charge is 0.427 e.